The normalized spacial score (nSPS) is 12.1. The third kappa shape index (κ3) is 5.01. The van der Waals surface area contributed by atoms with E-state index in [0.717, 1.165) is 17.5 Å². The van der Waals surface area contributed by atoms with Crippen molar-refractivity contribution >= 4 is 17.7 Å². The average molecular weight is 338 g/mol. The van der Waals surface area contributed by atoms with Crippen molar-refractivity contribution in [1.82, 2.24) is 5.32 Å². The number of nitrogens with one attached hydrogen (secondary N) is 1. The summed E-state index contributed by atoms with van der Waals surface area (Å²) < 4.78 is 0. The zero-order chi connectivity index (χ0) is 18.4. The maximum Gasteiger partial charge on any atom is 0.269 e. The first-order valence-corrected chi connectivity index (χ1v) is 8.21. The Morgan fingerprint density at radius 1 is 1.16 bits per heavy atom. The highest BCUT2D eigenvalue weighted by Gasteiger charge is 2.12. The summed E-state index contributed by atoms with van der Waals surface area (Å²) >= 11 is 0. The first-order valence-electron chi connectivity index (χ1n) is 8.21. The molecule has 0 aromatic heterocycles. The molecule has 5 nitrogen and oxygen atoms in total. The van der Waals surface area contributed by atoms with E-state index in [1.54, 1.807) is 18.2 Å². The molecule has 1 amide bonds. The number of benzene rings is 2. The van der Waals surface area contributed by atoms with Gasteiger partial charge in [-0.2, -0.15) is 0 Å². The summed E-state index contributed by atoms with van der Waals surface area (Å²) in [5, 5.41) is 13.6. The van der Waals surface area contributed by atoms with Gasteiger partial charge in [0.05, 0.1) is 11.0 Å². The molecule has 130 valence electrons. The molecule has 2 rings (SSSR count). The molecule has 25 heavy (non-hydrogen) atoms. The quantitative estimate of drug-likeness (QED) is 0.479. The second-order valence-electron chi connectivity index (χ2n) is 6.00. The molecular formula is C20H22N2O3. The van der Waals surface area contributed by atoms with Gasteiger partial charge in [0.2, 0.25) is 5.91 Å². The van der Waals surface area contributed by atoms with Crippen LogP contribution >= 0.6 is 0 Å². The minimum Gasteiger partial charge on any atom is -0.346 e. The number of rotatable bonds is 6. The second kappa shape index (κ2) is 8.24. The zero-order valence-corrected chi connectivity index (χ0v) is 14.7. The highest BCUT2D eigenvalue weighted by atomic mass is 16.6. The number of hydrogen-bond acceptors (Lipinski definition) is 3. The van der Waals surface area contributed by atoms with Crippen LogP contribution in [0.3, 0.4) is 0 Å². The van der Waals surface area contributed by atoms with Gasteiger partial charge < -0.3 is 5.32 Å². The van der Waals surface area contributed by atoms with E-state index in [-0.39, 0.29) is 17.6 Å². The van der Waals surface area contributed by atoms with Crippen LogP contribution in [-0.2, 0) is 4.79 Å². The second-order valence-corrected chi connectivity index (χ2v) is 6.00. The zero-order valence-electron chi connectivity index (χ0n) is 14.7. The Kier molecular flexibility index (Phi) is 6.06. The number of carbonyl (C=O) groups excluding carboxylic acids is 1. The maximum atomic E-state index is 12.2. The van der Waals surface area contributed by atoms with Crippen molar-refractivity contribution in [3.05, 3.63) is 80.9 Å². The van der Waals surface area contributed by atoms with Crippen molar-refractivity contribution < 1.29 is 9.72 Å². The van der Waals surface area contributed by atoms with Gasteiger partial charge in [0.25, 0.3) is 5.69 Å². The lowest BCUT2D eigenvalue weighted by Gasteiger charge is -2.17. The Bertz CT molecular complexity index is 795. The highest BCUT2D eigenvalue weighted by Crippen LogP contribution is 2.20. The minimum absolute atomic E-state index is 0.0300. The summed E-state index contributed by atoms with van der Waals surface area (Å²) in [6.45, 7) is 6.15. The van der Waals surface area contributed by atoms with Gasteiger partial charge >= 0.3 is 0 Å². The highest BCUT2D eigenvalue weighted by molar-refractivity contribution is 5.92. The fourth-order valence-electron chi connectivity index (χ4n) is 2.50. The third-order valence-corrected chi connectivity index (χ3v) is 4.19. The third-order valence-electron chi connectivity index (χ3n) is 4.19. The molecule has 0 bridgehead atoms. The summed E-state index contributed by atoms with van der Waals surface area (Å²) in [5.41, 5.74) is 4.28. The number of aryl methyl sites for hydroxylation is 2. The molecule has 0 aliphatic rings. The average Bonchev–Trinajstić information content (AvgIpc) is 2.60. The molecule has 0 aliphatic carbocycles. The minimum atomic E-state index is -0.449. The topological polar surface area (TPSA) is 72.2 Å². The van der Waals surface area contributed by atoms with Crippen molar-refractivity contribution in [3.8, 4) is 0 Å². The van der Waals surface area contributed by atoms with Crippen LogP contribution in [0.4, 0.5) is 5.69 Å². The smallest absolute Gasteiger partial charge is 0.269 e. The molecule has 0 spiro atoms. The van der Waals surface area contributed by atoms with Gasteiger partial charge in [0.1, 0.15) is 0 Å². The van der Waals surface area contributed by atoms with Crippen LogP contribution in [-0.4, -0.2) is 10.8 Å². The largest absolute Gasteiger partial charge is 0.346 e. The van der Waals surface area contributed by atoms with Crippen LogP contribution in [0, 0.1) is 24.0 Å². The number of nitro benzene ring substituents is 1. The van der Waals surface area contributed by atoms with Crippen LogP contribution in [0.2, 0.25) is 0 Å². The molecule has 5 heteroatoms. The van der Waals surface area contributed by atoms with Gasteiger partial charge in [-0.05, 0) is 60.7 Å². The molecule has 0 radical (unpaired) electrons. The summed E-state index contributed by atoms with van der Waals surface area (Å²) in [5.74, 6) is -0.191. The number of non-ortho nitro benzene ring substituents is 1. The Hall–Kier alpha value is -2.95. The van der Waals surface area contributed by atoms with E-state index in [1.807, 2.05) is 13.0 Å². The van der Waals surface area contributed by atoms with Crippen LogP contribution in [0.25, 0.3) is 6.08 Å². The molecule has 0 unspecified atom stereocenters. The lowest BCUT2D eigenvalue weighted by Crippen LogP contribution is -2.26. The van der Waals surface area contributed by atoms with Crippen LogP contribution < -0.4 is 5.32 Å². The molecule has 0 fully saturated rings. The summed E-state index contributed by atoms with van der Waals surface area (Å²) in [4.78, 5) is 22.4. The number of hydrogen-bond donors (Lipinski definition) is 1. The van der Waals surface area contributed by atoms with Crippen molar-refractivity contribution in [2.45, 2.75) is 33.2 Å². The fraction of sp³-hybridized carbons (Fsp3) is 0.250. The monoisotopic (exact) mass is 338 g/mol. The van der Waals surface area contributed by atoms with Crippen LogP contribution in [0.5, 0.6) is 0 Å². The van der Waals surface area contributed by atoms with Gasteiger partial charge in [-0.3, -0.25) is 14.9 Å². The van der Waals surface area contributed by atoms with Gasteiger partial charge in [-0.1, -0.05) is 25.1 Å². The lowest BCUT2D eigenvalue weighted by atomic mass is 9.99. The molecule has 1 atom stereocenters. The Balaban J connectivity index is 2.04. The van der Waals surface area contributed by atoms with E-state index < -0.39 is 4.92 Å². The lowest BCUT2D eigenvalue weighted by molar-refractivity contribution is -0.384. The molecule has 2 aromatic rings. The van der Waals surface area contributed by atoms with Crippen molar-refractivity contribution in [3.63, 3.8) is 0 Å². The first-order chi connectivity index (χ1) is 11.9. The molecule has 2 aromatic carbocycles. The predicted molar refractivity (Wildman–Crippen MR) is 99.2 cm³/mol. The van der Waals surface area contributed by atoms with E-state index >= 15 is 0 Å². The van der Waals surface area contributed by atoms with Gasteiger partial charge in [0, 0.05) is 18.2 Å². The molecule has 0 heterocycles. The Morgan fingerprint density at radius 3 is 2.40 bits per heavy atom. The van der Waals surface area contributed by atoms with Gasteiger partial charge in [-0.25, -0.2) is 0 Å². The van der Waals surface area contributed by atoms with Gasteiger partial charge in [0.15, 0.2) is 0 Å². The standard InChI is InChI=1S/C20H22N2O3/c1-4-19(17-9-5-14(2)15(3)13-17)21-20(23)12-8-16-6-10-18(11-7-16)22(24)25/h5-13,19H,4H2,1-3H3,(H,21,23)/b12-8+/t19-/m0/s1. The SMILES string of the molecule is CC[C@H](NC(=O)/C=C/c1ccc([N+](=O)[O-])cc1)c1ccc(C)c(C)c1. The maximum absolute atomic E-state index is 12.2. The van der Waals surface area contributed by atoms with Crippen molar-refractivity contribution in [1.29, 1.82) is 0 Å². The number of carbonyl (C=O) groups is 1. The first kappa shape index (κ1) is 18.4. The number of nitrogens with zero attached hydrogens (tertiary/aromatic N) is 1. The summed E-state index contributed by atoms with van der Waals surface area (Å²) in [6, 6.07) is 12.2. The van der Waals surface area contributed by atoms with E-state index in [2.05, 4.69) is 31.3 Å². The summed E-state index contributed by atoms with van der Waals surface area (Å²) in [6.07, 6.45) is 3.89. The fourth-order valence-corrected chi connectivity index (χ4v) is 2.50. The molecule has 1 N–H and O–H groups in total. The molecule has 0 saturated heterocycles. The Morgan fingerprint density at radius 2 is 1.84 bits per heavy atom. The van der Waals surface area contributed by atoms with Crippen molar-refractivity contribution in [2.24, 2.45) is 0 Å². The van der Waals surface area contributed by atoms with Crippen LogP contribution in [0.15, 0.2) is 48.5 Å². The number of amides is 1. The van der Waals surface area contributed by atoms with E-state index in [4.69, 9.17) is 0 Å². The van der Waals surface area contributed by atoms with Crippen molar-refractivity contribution in [2.75, 3.05) is 0 Å². The predicted octanol–water partition coefficient (Wildman–Crippen LogP) is 4.49. The van der Waals surface area contributed by atoms with Gasteiger partial charge in [-0.15, -0.1) is 0 Å². The van der Waals surface area contributed by atoms with E-state index in [0.29, 0.717) is 0 Å². The van der Waals surface area contributed by atoms with E-state index in [1.165, 1.54) is 29.3 Å². The van der Waals surface area contributed by atoms with Crippen LogP contribution in [0.1, 0.15) is 41.6 Å². The van der Waals surface area contributed by atoms with E-state index in [9.17, 15) is 14.9 Å². The Labute approximate surface area is 147 Å². The summed E-state index contributed by atoms with van der Waals surface area (Å²) in [7, 11) is 0. The molecule has 0 saturated carbocycles. The molecule has 0 aliphatic heterocycles. The molecular weight excluding hydrogens is 316 g/mol. The number of nitro groups is 1.